The van der Waals surface area contributed by atoms with Crippen molar-refractivity contribution in [2.75, 3.05) is 11.6 Å². The highest BCUT2D eigenvalue weighted by Gasteiger charge is 2.12. The minimum atomic E-state index is -3.31. The summed E-state index contributed by atoms with van der Waals surface area (Å²) >= 11 is 1.56. The van der Waals surface area contributed by atoms with Crippen LogP contribution in [0.4, 0.5) is 5.69 Å². The average molecular weight is 373 g/mol. The Kier molecular flexibility index (Phi) is 4.61. The van der Waals surface area contributed by atoms with E-state index in [4.69, 9.17) is 0 Å². The van der Waals surface area contributed by atoms with E-state index in [1.807, 2.05) is 17.5 Å². The van der Waals surface area contributed by atoms with Crippen LogP contribution >= 0.6 is 11.3 Å². The molecule has 0 unspecified atom stereocenters. The molecule has 2 aromatic carbocycles. The van der Waals surface area contributed by atoms with Crippen molar-refractivity contribution in [2.24, 2.45) is 0 Å². The standard InChI is InChI=1S/C18H15NO4S2/c1-25(22,23)14-7-4-12(5-8-14)18(21)19-15-11-13(6-9-16(15)20)17-3-2-10-24-17/h2-11,20H,1H3,(H,19,21). The van der Waals surface area contributed by atoms with Crippen LogP contribution in [0.5, 0.6) is 5.75 Å². The van der Waals surface area contributed by atoms with Gasteiger partial charge in [-0.25, -0.2) is 8.42 Å². The van der Waals surface area contributed by atoms with Crippen LogP contribution in [0.15, 0.2) is 64.9 Å². The van der Waals surface area contributed by atoms with Crippen LogP contribution in [0, 0.1) is 0 Å². The van der Waals surface area contributed by atoms with Gasteiger partial charge in [0.1, 0.15) is 5.75 Å². The van der Waals surface area contributed by atoms with Gasteiger partial charge in [-0.3, -0.25) is 4.79 Å². The molecule has 7 heteroatoms. The Morgan fingerprint density at radius 1 is 1.08 bits per heavy atom. The number of carbonyl (C=O) groups is 1. The van der Waals surface area contributed by atoms with Crippen LogP contribution in [-0.4, -0.2) is 25.7 Å². The second-order valence-electron chi connectivity index (χ2n) is 5.46. The van der Waals surface area contributed by atoms with Gasteiger partial charge in [0.25, 0.3) is 5.91 Å². The fourth-order valence-corrected chi connectivity index (χ4v) is 3.63. The summed E-state index contributed by atoms with van der Waals surface area (Å²) in [6.45, 7) is 0. The van der Waals surface area contributed by atoms with Crippen molar-refractivity contribution in [2.45, 2.75) is 4.90 Å². The normalized spacial score (nSPS) is 11.2. The quantitative estimate of drug-likeness (QED) is 0.682. The molecule has 1 amide bonds. The first-order valence-corrected chi connectivity index (χ1v) is 10.1. The van der Waals surface area contributed by atoms with Crippen molar-refractivity contribution < 1.29 is 18.3 Å². The fraction of sp³-hybridized carbons (Fsp3) is 0.0556. The molecule has 0 aliphatic rings. The van der Waals surface area contributed by atoms with Gasteiger partial charge in [0, 0.05) is 16.7 Å². The molecule has 0 saturated heterocycles. The number of rotatable bonds is 4. The summed E-state index contributed by atoms with van der Waals surface area (Å²) in [5, 5.41) is 14.6. The van der Waals surface area contributed by atoms with Gasteiger partial charge >= 0.3 is 0 Å². The molecule has 25 heavy (non-hydrogen) atoms. The number of phenolic OH excluding ortho intramolecular Hbond substituents is 1. The minimum Gasteiger partial charge on any atom is -0.506 e. The van der Waals surface area contributed by atoms with Gasteiger partial charge in [-0.15, -0.1) is 11.3 Å². The molecule has 0 aliphatic carbocycles. The SMILES string of the molecule is CS(=O)(=O)c1ccc(C(=O)Nc2cc(-c3cccs3)ccc2O)cc1. The molecular weight excluding hydrogens is 358 g/mol. The summed E-state index contributed by atoms with van der Waals surface area (Å²) in [6, 6.07) is 14.5. The number of amides is 1. The highest BCUT2D eigenvalue weighted by atomic mass is 32.2. The number of nitrogens with one attached hydrogen (secondary N) is 1. The molecule has 0 saturated carbocycles. The summed E-state index contributed by atoms with van der Waals surface area (Å²) < 4.78 is 22.9. The first kappa shape index (κ1) is 17.2. The van der Waals surface area contributed by atoms with Crippen molar-refractivity contribution in [1.82, 2.24) is 0 Å². The van der Waals surface area contributed by atoms with Gasteiger partial charge in [0.2, 0.25) is 0 Å². The number of thiophene rings is 1. The molecule has 1 heterocycles. The number of hydrogen-bond donors (Lipinski definition) is 2. The smallest absolute Gasteiger partial charge is 0.255 e. The zero-order valence-corrected chi connectivity index (χ0v) is 14.9. The molecule has 128 valence electrons. The molecule has 5 nitrogen and oxygen atoms in total. The van der Waals surface area contributed by atoms with Crippen molar-refractivity contribution in [3.05, 3.63) is 65.5 Å². The van der Waals surface area contributed by atoms with Crippen LogP contribution in [0.1, 0.15) is 10.4 Å². The molecule has 3 aromatic rings. The second kappa shape index (κ2) is 6.70. The first-order chi connectivity index (χ1) is 11.8. The molecule has 3 rings (SSSR count). The summed E-state index contributed by atoms with van der Waals surface area (Å²) in [6.07, 6.45) is 1.11. The third-order valence-electron chi connectivity index (χ3n) is 3.60. The maximum absolute atomic E-state index is 12.4. The molecule has 0 fully saturated rings. The van der Waals surface area contributed by atoms with E-state index < -0.39 is 15.7 Å². The Morgan fingerprint density at radius 3 is 2.40 bits per heavy atom. The summed E-state index contributed by atoms with van der Waals surface area (Å²) in [5.74, 6) is -0.472. The lowest BCUT2D eigenvalue weighted by molar-refractivity contribution is 0.102. The van der Waals surface area contributed by atoms with E-state index in [-0.39, 0.29) is 10.6 Å². The molecule has 0 atom stereocenters. The zero-order chi connectivity index (χ0) is 18.0. The number of benzene rings is 2. The largest absolute Gasteiger partial charge is 0.506 e. The number of sulfone groups is 1. The monoisotopic (exact) mass is 373 g/mol. The van der Waals surface area contributed by atoms with E-state index in [1.165, 1.54) is 30.3 Å². The van der Waals surface area contributed by atoms with Gasteiger partial charge < -0.3 is 10.4 Å². The molecule has 0 spiro atoms. The number of hydrogen-bond acceptors (Lipinski definition) is 5. The maximum Gasteiger partial charge on any atom is 0.255 e. The van der Waals surface area contributed by atoms with Gasteiger partial charge in [-0.1, -0.05) is 6.07 Å². The van der Waals surface area contributed by atoms with Crippen molar-refractivity contribution in [3.63, 3.8) is 0 Å². The zero-order valence-electron chi connectivity index (χ0n) is 13.3. The topological polar surface area (TPSA) is 83.5 Å². The van der Waals surface area contributed by atoms with E-state index in [9.17, 15) is 18.3 Å². The van der Waals surface area contributed by atoms with Crippen LogP contribution in [-0.2, 0) is 9.84 Å². The van der Waals surface area contributed by atoms with Crippen LogP contribution in [0.25, 0.3) is 10.4 Å². The van der Waals surface area contributed by atoms with E-state index in [1.54, 1.807) is 23.5 Å². The van der Waals surface area contributed by atoms with Crippen molar-refractivity contribution in [1.29, 1.82) is 0 Å². The molecule has 0 bridgehead atoms. The molecule has 0 aliphatic heterocycles. The Bertz CT molecular complexity index is 1010. The number of aromatic hydroxyl groups is 1. The summed E-state index contributed by atoms with van der Waals surface area (Å²) in [5.41, 5.74) is 1.48. The van der Waals surface area contributed by atoms with E-state index in [0.29, 0.717) is 11.3 Å². The van der Waals surface area contributed by atoms with E-state index in [2.05, 4.69) is 5.32 Å². The van der Waals surface area contributed by atoms with Crippen molar-refractivity contribution >= 4 is 32.8 Å². The third-order valence-corrected chi connectivity index (χ3v) is 5.64. The highest BCUT2D eigenvalue weighted by molar-refractivity contribution is 7.90. The maximum atomic E-state index is 12.4. The predicted molar refractivity (Wildman–Crippen MR) is 98.9 cm³/mol. The summed E-state index contributed by atoms with van der Waals surface area (Å²) in [4.78, 5) is 13.5. The summed E-state index contributed by atoms with van der Waals surface area (Å²) in [7, 11) is -3.31. The Balaban J connectivity index is 1.84. The van der Waals surface area contributed by atoms with Gasteiger partial charge in [-0.2, -0.15) is 0 Å². The first-order valence-electron chi connectivity index (χ1n) is 7.33. The second-order valence-corrected chi connectivity index (χ2v) is 8.42. The highest BCUT2D eigenvalue weighted by Crippen LogP contribution is 2.32. The lowest BCUT2D eigenvalue weighted by atomic mass is 10.1. The molecule has 1 aromatic heterocycles. The lowest BCUT2D eigenvalue weighted by Gasteiger charge is -2.09. The average Bonchev–Trinajstić information content (AvgIpc) is 3.10. The fourth-order valence-electron chi connectivity index (χ4n) is 2.28. The molecule has 0 radical (unpaired) electrons. The Labute approximate surface area is 149 Å². The number of anilines is 1. The van der Waals surface area contributed by atoms with Gasteiger partial charge in [-0.05, 0) is 59.5 Å². The number of phenols is 1. The Morgan fingerprint density at radius 2 is 1.80 bits per heavy atom. The van der Waals surface area contributed by atoms with Crippen LogP contribution < -0.4 is 5.32 Å². The number of carbonyl (C=O) groups excluding carboxylic acids is 1. The third kappa shape index (κ3) is 3.89. The van der Waals surface area contributed by atoms with E-state index >= 15 is 0 Å². The van der Waals surface area contributed by atoms with Crippen molar-refractivity contribution in [3.8, 4) is 16.2 Å². The van der Waals surface area contributed by atoms with Gasteiger partial charge in [0.05, 0.1) is 10.6 Å². The predicted octanol–water partition coefficient (Wildman–Crippen LogP) is 3.78. The Hall–Kier alpha value is -2.64. The van der Waals surface area contributed by atoms with E-state index in [0.717, 1.165) is 16.7 Å². The van der Waals surface area contributed by atoms with Crippen LogP contribution in [0.2, 0.25) is 0 Å². The molecular formula is C18H15NO4S2. The molecule has 2 N–H and O–H groups in total. The lowest BCUT2D eigenvalue weighted by Crippen LogP contribution is -2.12. The van der Waals surface area contributed by atoms with Crippen LogP contribution in [0.3, 0.4) is 0 Å². The van der Waals surface area contributed by atoms with Gasteiger partial charge in [0.15, 0.2) is 9.84 Å². The minimum absolute atomic E-state index is 0.0404.